The summed E-state index contributed by atoms with van der Waals surface area (Å²) in [5, 5.41) is 15.7. The van der Waals surface area contributed by atoms with Crippen molar-refractivity contribution in [2.75, 3.05) is 18.4 Å². The number of nitrogens with one attached hydrogen (secondary N) is 2. The van der Waals surface area contributed by atoms with Crippen molar-refractivity contribution in [2.45, 2.75) is 26.7 Å². The second-order valence-corrected chi connectivity index (χ2v) is 5.67. The number of benzene rings is 2. The number of ether oxygens (including phenoxy) is 1. The number of aryl methyl sites for hydroxylation is 1. The van der Waals surface area contributed by atoms with Crippen LogP contribution in [-0.2, 0) is 11.2 Å². The normalized spacial score (nSPS) is 10.4. The van der Waals surface area contributed by atoms with Gasteiger partial charge in [0.05, 0.1) is 0 Å². The number of anilines is 1. The number of halogens is 1. The molecule has 0 aromatic heterocycles. The lowest BCUT2D eigenvalue weighted by molar-refractivity contribution is -0.118. The van der Waals surface area contributed by atoms with Crippen LogP contribution >= 0.6 is 0 Å². The molecule has 2 rings (SSSR count). The average Bonchev–Trinajstić information content (AvgIpc) is 2.58. The van der Waals surface area contributed by atoms with Gasteiger partial charge in [-0.3, -0.25) is 4.79 Å². The van der Waals surface area contributed by atoms with Gasteiger partial charge in [0.2, 0.25) is 5.91 Å². The maximum absolute atomic E-state index is 14.2. The van der Waals surface area contributed by atoms with Gasteiger partial charge in [0.15, 0.2) is 23.1 Å². The number of amides is 1. The van der Waals surface area contributed by atoms with Crippen molar-refractivity contribution < 1.29 is 19.0 Å². The van der Waals surface area contributed by atoms with Crippen molar-refractivity contribution in [3.05, 3.63) is 47.8 Å². The van der Waals surface area contributed by atoms with E-state index in [1.54, 1.807) is 18.2 Å². The fourth-order valence-corrected chi connectivity index (χ4v) is 2.27. The van der Waals surface area contributed by atoms with E-state index in [2.05, 4.69) is 10.6 Å². The highest BCUT2D eigenvalue weighted by Gasteiger charge is 2.09. The van der Waals surface area contributed by atoms with Crippen LogP contribution in [0.1, 0.15) is 25.8 Å². The summed E-state index contributed by atoms with van der Waals surface area (Å²) in [5.74, 6) is -0.344. The van der Waals surface area contributed by atoms with E-state index in [0.717, 1.165) is 18.4 Å². The van der Waals surface area contributed by atoms with E-state index in [1.165, 1.54) is 19.1 Å². The molecule has 2 aromatic rings. The van der Waals surface area contributed by atoms with Crippen molar-refractivity contribution in [2.24, 2.45) is 0 Å². The molecule has 0 spiro atoms. The van der Waals surface area contributed by atoms with E-state index in [4.69, 9.17) is 4.74 Å². The van der Waals surface area contributed by atoms with Crippen LogP contribution in [0.2, 0.25) is 0 Å². The lowest BCUT2D eigenvalue weighted by Crippen LogP contribution is -2.22. The Kier molecular flexibility index (Phi) is 6.62. The quantitative estimate of drug-likeness (QED) is 0.636. The predicted octanol–water partition coefficient (Wildman–Crippen LogP) is 3.82. The third kappa shape index (κ3) is 5.67. The zero-order valence-electron chi connectivity index (χ0n) is 14.4. The third-order valence-electron chi connectivity index (χ3n) is 3.64. The monoisotopic (exact) mass is 346 g/mol. The molecular formula is C19H23FN2O3. The second-order valence-electron chi connectivity index (χ2n) is 5.67. The topological polar surface area (TPSA) is 70.6 Å². The number of rotatable bonds is 8. The van der Waals surface area contributed by atoms with E-state index in [9.17, 15) is 14.3 Å². The van der Waals surface area contributed by atoms with Crippen LogP contribution < -0.4 is 15.4 Å². The number of hydrogen-bond donors (Lipinski definition) is 3. The number of phenolic OH excluding ortho intramolecular Hbond substituents is 1. The molecule has 2 aromatic carbocycles. The average molecular weight is 346 g/mol. The van der Waals surface area contributed by atoms with Gasteiger partial charge in [0.25, 0.3) is 0 Å². The molecule has 6 heteroatoms. The molecule has 0 bridgehead atoms. The summed E-state index contributed by atoms with van der Waals surface area (Å²) in [6, 6.07) is 9.62. The van der Waals surface area contributed by atoms with Gasteiger partial charge in [-0.05, 0) is 42.7 Å². The summed E-state index contributed by atoms with van der Waals surface area (Å²) in [6.07, 6.45) is 1.53. The maximum atomic E-state index is 14.2. The molecule has 0 aliphatic heterocycles. The molecule has 0 radical (unpaired) electrons. The molecule has 5 nitrogen and oxygen atoms in total. The van der Waals surface area contributed by atoms with E-state index >= 15 is 0 Å². The molecule has 25 heavy (non-hydrogen) atoms. The molecular weight excluding hydrogens is 323 g/mol. The van der Waals surface area contributed by atoms with E-state index < -0.39 is 5.82 Å². The first-order valence-electron chi connectivity index (χ1n) is 8.27. The summed E-state index contributed by atoms with van der Waals surface area (Å²) in [6.45, 7) is 4.63. The molecule has 1 amide bonds. The molecule has 134 valence electrons. The minimum Gasteiger partial charge on any atom is -0.504 e. The summed E-state index contributed by atoms with van der Waals surface area (Å²) in [4.78, 5) is 10.8. The first-order chi connectivity index (χ1) is 12.0. The second kappa shape index (κ2) is 8.92. The van der Waals surface area contributed by atoms with Gasteiger partial charge in [0.1, 0.15) is 0 Å². The predicted molar refractivity (Wildman–Crippen MR) is 95.7 cm³/mol. The fourth-order valence-electron chi connectivity index (χ4n) is 2.27. The van der Waals surface area contributed by atoms with E-state index in [-0.39, 0.29) is 23.2 Å². The Morgan fingerprint density at radius 3 is 2.56 bits per heavy atom. The number of aromatic hydroxyl groups is 1. The summed E-state index contributed by atoms with van der Waals surface area (Å²) in [5.41, 5.74) is 1.60. The van der Waals surface area contributed by atoms with Crippen LogP contribution in [0, 0.1) is 5.82 Å². The minimum atomic E-state index is -0.522. The van der Waals surface area contributed by atoms with Crippen LogP contribution in [-0.4, -0.2) is 24.1 Å². The zero-order valence-corrected chi connectivity index (χ0v) is 14.4. The molecule has 0 heterocycles. The lowest BCUT2D eigenvalue weighted by atomic mass is 10.1. The first-order valence-corrected chi connectivity index (χ1v) is 8.27. The molecule has 0 aliphatic carbocycles. The Hall–Kier alpha value is -2.76. The highest BCUT2D eigenvalue weighted by molar-refractivity contribution is 5.72. The Morgan fingerprint density at radius 2 is 1.92 bits per heavy atom. The summed E-state index contributed by atoms with van der Waals surface area (Å²) < 4.78 is 19.7. The van der Waals surface area contributed by atoms with Gasteiger partial charge in [-0.15, -0.1) is 0 Å². The third-order valence-corrected chi connectivity index (χ3v) is 3.64. The highest BCUT2D eigenvalue weighted by Crippen LogP contribution is 2.33. The van der Waals surface area contributed by atoms with Crippen LogP contribution in [0.25, 0.3) is 0 Å². The van der Waals surface area contributed by atoms with Gasteiger partial charge in [0, 0.05) is 31.8 Å². The maximum Gasteiger partial charge on any atom is 0.216 e. The van der Waals surface area contributed by atoms with Crippen LogP contribution in [0.4, 0.5) is 10.1 Å². The number of hydrogen-bond acceptors (Lipinski definition) is 4. The Labute approximate surface area is 146 Å². The number of carbonyl (C=O) groups excluding carboxylic acids is 1. The summed E-state index contributed by atoms with van der Waals surface area (Å²) in [7, 11) is 0. The molecule has 0 unspecified atom stereocenters. The van der Waals surface area contributed by atoms with Crippen molar-refractivity contribution in [3.63, 3.8) is 0 Å². The van der Waals surface area contributed by atoms with Crippen LogP contribution in [0.15, 0.2) is 36.4 Å². The molecule has 0 saturated heterocycles. The molecule has 0 aliphatic rings. The van der Waals surface area contributed by atoms with Gasteiger partial charge in [-0.1, -0.05) is 13.0 Å². The van der Waals surface area contributed by atoms with E-state index in [0.29, 0.717) is 18.8 Å². The first kappa shape index (κ1) is 18.6. The van der Waals surface area contributed by atoms with Crippen molar-refractivity contribution in [3.8, 4) is 17.2 Å². The minimum absolute atomic E-state index is 0.0149. The van der Waals surface area contributed by atoms with Crippen molar-refractivity contribution in [1.29, 1.82) is 0 Å². The SMILES string of the molecule is CCc1ccc(Oc2ccc(NCCCNC(C)=O)cc2F)c(O)c1. The summed E-state index contributed by atoms with van der Waals surface area (Å²) >= 11 is 0. The van der Waals surface area contributed by atoms with Crippen molar-refractivity contribution >= 4 is 11.6 Å². The highest BCUT2D eigenvalue weighted by atomic mass is 19.1. The largest absolute Gasteiger partial charge is 0.504 e. The van der Waals surface area contributed by atoms with Gasteiger partial charge >= 0.3 is 0 Å². The Bertz CT molecular complexity index is 735. The number of carbonyl (C=O) groups is 1. The standard InChI is InChI=1S/C19H23FN2O3/c1-3-14-5-7-19(17(24)11-14)25-18-8-6-15(12-16(18)20)22-10-4-9-21-13(2)23/h5-8,11-12,22,24H,3-4,9-10H2,1-2H3,(H,21,23). The molecule has 0 atom stereocenters. The number of phenols is 1. The Balaban J connectivity index is 1.94. The van der Waals surface area contributed by atoms with Gasteiger partial charge in [-0.2, -0.15) is 0 Å². The van der Waals surface area contributed by atoms with Crippen molar-refractivity contribution in [1.82, 2.24) is 5.32 Å². The Morgan fingerprint density at radius 1 is 1.16 bits per heavy atom. The van der Waals surface area contributed by atoms with Gasteiger partial charge < -0.3 is 20.5 Å². The van der Waals surface area contributed by atoms with Crippen LogP contribution in [0.3, 0.4) is 0 Å². The lowest BCUT2D eigenvalue weighted by Gasteiger charge is -2.11. The molecule has 0 saturated carbocycles. The van der Waals surface area contributed by atoms with E-state index in [1.807, 2.05) is 13.0 Å². The van der Waals surface area contributed by atoms with Crippen LogP contribution in [0.5, 0.6) is 17.2 Å². The smallest absolute Gasteiger partial charge is 0.216 e. The fraction of sp³-hybridized carbons (Fsp3) is 0.316. The zero-order chi connectivity index (χ0) is 18.2. The molecule has 0 fully saturated rings. The van der Waals surface area contributed by atoms with Gasteiger partial charge in [-0.25, -0.2) is 4.39 Å². The molecule has 3 N–H and O–H groups in total.